The predicted molar refractivity (Wildman–Crippen MR) is 97.3 cm³/mol. The van der Waals surface area contributed by atoms with E-state index in [4.69, 9.17) is 0 Å². The summed E-state index contributed by atoms with van der Waals surface area (Å²) < 4.78 is 0. The zero-order valence-electron chi connectivity index (χ0n) is 15.2. The van der Waals surface area contributed by atoms with Crippen LogP contribution < -0.4 is 4.90 Å². The van der Waals surface area contributed by atoms with Gasteiger partial charge in [0.15, 0.2) is 0 Å². The molecule has 5 heteroatoms. The molecule has 2 aliphatic heterocycles. The van der Waals surface area contributed by atoms with Crippen molar-refractivity contribution in [2.75, 3.05) is 37.6 Å². The highest BCUT2D eigenvalue weighted by Gasteiger charge is 2.30. The molecule has 2 fully saturated rings. The topological polar surface area (TPSA) is 35.5 Å². The van der Waals surface area contributed by atoms with Crippen molar-refractivity contribution in [3.8, 4) is 0 Å². The molecule has 0 amide bonds. The maximum Gasteiger partial charge on any atom is 0.135 e. The van der Waals surface area contributed by atoms with Gasteiger partial charge in [-0.05, 0) is 32.6 Å². The van der Waals surface area contributed by atoms with Crippen LogP contribution in [0, 0.1) is 0 Å². The first-order valence-electron chi connectivity index (χ1n) is 9.82. The van der Waals surface area contributed by atoms with Gasteiger partial charge in [-0.15, -0.1) is 0 Å². The van der Waals surface area contributed by atoms with E-state index in [0.717, 1.165) is 38.6 Å². The highest BCUT2D eigenvalue weighted by atomic mass is 15.3. The van der Waals surface area contributed by atoms with Gasteiger partial charge in [0, 0.05) is 56.9 Å². The second kappa shape index (κ2) is 6.96. The lowest BCUT2D eigenvalue weighted by molar-refractivity contribution is 0.120. The summed E-state index contributed by atoms with van der Waals surface area (Å²) in [6.07, 6.45) is 8.33. The second-order valence-electron chi connectivity index (χ2n) is 7.71. The molecule has 0 aromatic carbocycles. The maximum absolute atomic E-state index is 4.69. The summed E-state index contributed by atoms with van der Waals surface area (Å²) in [5.74, 6) is 1.22. The Balaban J connectivity index is 1.45. The van der Waals surface area contributed by atoms with Crippen LogP contribution >= 0.6 is 0 Å². The molecule has 1 unspecified atom stereocenters. The average molecular weight is 329 g/mol. The SMILES string of the molecule is CCC(C)N1CCc2c(ncnc2N2CCN(C3CCC3)CC2)C1. The lowest BCUT2D eigenvalue weighted by Crippen LogP contribution is -2.52. The minimum Gasteiger partial charge on any atom is -0.354 e. The molecule has 1 aromatic heterocycles. The smallest absolute Gasteiger partial charge is 0.135 e. The van der Waals surface area contributed by atoms with Gasteiger partial charge in [0.05, 0.1) is 5.69 Å². The Kier molecular flexibility index (Phi) is 4.72. The van der Waals surface area contributed by atoms with Crippen molar-refractivity contribution in [1.82, 2.24) is 19.8 Å². The zero-order valence-corrected chi connectivity index (χ0v) is 15.2. The van der Waals surface area contributed by atoms with E-state index in [9.17, 15) is 0 Å². The highest BCUT2D eigenvalue weighted by molar-refractivity contribution is 5.50. The fourth-order valence-corrected chi connectivity index (χ4v) is 4.31. The second-order valence-corrected chi connectivity index (χ2v) is 7.71. The number of hydrogen-bond acceptors (Lipinski definition) is 5. The van der Waals surface area contributed by atoms with Crippen molar-refractivity contribution in [2.45, 2.75) is 64.6 Å². The lowest BCUT2D eigenvalue weighted by Gasteiger charge is -2.44. The molecule has 1 saturated carbocycles. The molecule has 1 atom stereocenters. The molecular weight excluding hydrogens is 298 g/mol. The number of anilines is 1. The summed E-state index contributed by atoms with van der Waals surface area (Å²) in [5, 5.41) is 0. The van der Waals surface area contributed by atoms with Gasteiger partial charge >= 0.3 is 0 Å². The van der Waals surface area contributed by atoms with E-state index in [1.165, 1.54) is 55.8 Å². The number of nitrogens with zero attached hydrogens (tertiary/aromatic N) is 5. The monoisotopic (exact) mass is 329 g/mol. The molecule has 4 rings (SSSR count). The summed E-state index contributed by atoms with van der Waals surface area (Å²) in [4.78, 5) is 17.1. The number of rotatable bonds is 4. The molecule has 24 heavy (non-hydrogen) atoms. The van der Waals surface area contributed by atoms with Gasteiger partial charge in [-0.3, -0.25) is 9.80 Å². The van der Waals surface area contributed by atoms with Crippen LogP contribution in [0.5, 0.6) is 0 Å². The summed E-state index contributed by atoms with van der Waals surface area (Å²) in [6.45, 7) is 11.4. The van der Waals surface area contributed by atoms with Gasteiger partial charge in [0.1, 0.15) is 12.1 Å². The van der Waals surface area contributed by atoms with Crippen LogP contribution in [0.1, 0.15) is 50.8 Å². The van der Waals surface area contributed by atoms with Gasteiger partial charge in [-0.25, -0.2) is 9.97 Å². The first-order valence-corrected chi connectivity index (χ1v) is 9.82. The van der Waals surface area contributed by atoms with E-state index < -0.39 is 0 Å². The van der Waals surface area contributed by atoms with E-state index in [2.05, 4.69) is 38.5 Å². The third-order valence-corrected chi connectivity index (χ3v) is 6.43. The third kappa shape index (κ3) is 3.04. The maximum atomic E-state index is 4.69. The minimum absolute atomic E-state index is 0.641. The van der Waals surface area contributed by atoms with Gasteiger partial charge in [-0.2, -0.15) is 0 Å². The van der Waals surface area contributed by atoms with Crippen molar-refractivity contribution >= 4 is 5.82 Å². The van der Waals surface area contributed by atoms with E-state index >= 15 is 0 Å². The van der Waals surface area contributed by atoms with Crippen LogP contribution in [-0.2, 0) is 13.0 Å². The average Bonchev–Trinajstić information content (AvgIpc) is 2.59. The van der Waals surface area contributed by atoms with Gasteiger partial charge in [0.25, 0.3) is 0 Å². The fourth-order valence-electron chi connectivity index (χ4n) is 4.31. The zero-order chi connectivity index (χ0) is 16.5. The van der Waals surface area contributed by atoms with Gasteiger partial charge < -0.3 is 4.90 Å². The van der Waals surface area contributed by atoms with Crippen molar-refractivity contribution in [1.29, 1.82) is 0 Å². The number of piperazine rings is 1. The molecule has 0 N–H and O–H groups in total. The molecule has 0 spiro atoms. The molecule has 0 radical (unpaired) electrons. The van der Waals surface area contributed by atoms with Crippen LogP contribution in [0.2, 0.25) is 0 Å². The van der Waals surface area contributed by atoms with Crippen molar-refractivity contribution in [3.63, 3.8) is 0 Å². The van der Waals surface area contributed by atoms with E-state index in [0.29, 0.717) is 6.04 Å². The molecule has 3 aliphatic rings. The lowest BCUT2D eigenvalue weighted by atomic mass is 9.91. The summed E-state index contributed by atoms with van der Waals surface area (Å²) >= 11 is 0. The summed E-state index contributed by atoms with van der Waals surface area (Å²) in [5.41, 5.74) is 2.67. The Morgan fingerprint density at radius 3 is 2.58 bits per heavy atom. The Labute approximate surface area is 146 Å². The van der Waals surface area contributed by atoms with E-state index in [1.807, 2.05) is 0 Å². The van der Waals surface area contributed by atoms with Crippen molar-refractivity contribution in [3.05, 3.63) is 17.6 Å². The number of aromatic nitrogens is 2. The largest absolute Gasteiger partial charge is 0.354 e. The van der Waals surface area contributed by atoms with Crippen LogP contribution in [0.3, 0.4) is 0 Å². The molecule has 1 saturated heterocycles. The molecule has 1 aliphatic carbocycles. The minimum atomic E-state index is 0.641. The number of hydrogen-bond donors (Lipinski definition) is 0. The Morgan fingerprint density at radius 2 is 1.92 bits per heavy atom. The molecule has 3 heterocycles. The predicted octanol–water partition coefficient (Wildman–Crippen LogP) is 2.31. The normalized spacial score (nSPS) is 24.5. The molecule has 132 valence electrons. The van der Waals surface area contributed by atoms with Gasteiger partial charge in [0.2, 0.25) is 0 Å². The quantitative estimate of drug-likeness (QED) is 0.847. The third-order valence-electron chi connectivity index (χ3n) is 6.43. The van der Waals surface area contributed by atoms with Crippen LogP contribution in [0.15, 0.2) is 6.33 Å². The van der Waals surface area contributed by atoms with Gasteiger partial charge in [-0.1, -0.05) is 13.3 Å². The van der Waals surface area contributed by atoms with E-state index in [1.54, 1.807) is 6.33 Å². The highest BCUT2D eigenvalue weighted by Crippen LogP contribution is 2.29. The van der Waals surface area contributed by atoms with Crippen LogP contribution in [-0.4, -0.2) is 64.6 Å². The Bertz CT molecular complexity index is 563. The molecular formula is C19H31N5. The molecule has 1 aromatic rings. The van der Waals surface area contributed by atoms with Crippen molar-refractivity contribution in [2.24, 2.45) is 0 Å². The Hall–Kier alpha value is -1.20. The first kappa shape index (κ1) is 16.3. The molecule has 5 nitrogen and oxygen atoms in total. The first-order chi connectivity index (χ1) is 11.8. The molecule has 0 bridgehead atoms. The van der Waals surface area contributed by atoms with Crippen LogP contribution in [0.4, 0.5) is 5.82 Å². The van der Waals surface area contributed by atoms with Crippen molar-refractivity contribution < 1.29 is 0 Å². The summed E-state index contributed by atoms with van der Waals surface area (Å²) in [7, 11) is 0. The number of fused-ring (bicyclic) bond motifs is 1. The summed E-state index contributed by atoms with van der Waals surface area (Å²) in [6, 6.07) is 1.51. The standard InChI is InChI=1S/C19H31N5/c1-3-15(2)24-8-7-17-18(13-24)20-14-21-19(17)23-11-9-22(10-12-23)16-5-4-6-16/h14-16H,3-13H2,1-2H3. The van der Waals surface area contributed by atoms with Crippen LogP contribution in [0.25, 0.3) is 0 Å². The Morgan fingerprint density at radius 1 is 1.12 bits per heavy atom. The van der Waals surface area contributed by atoms with E-state index in [-0.39, 0.29) is 0 Å². The fraction of sp³-hybridized carbons (Fsp3) is 0.789.